The smallest absolute Gasteiger partial charge is 0.191 e. The number of ether oxygens (including phenoxy) is 2. The summed E-state index contributed by atoms with van der Waals surface area (Å²) < 4.78 is 13.1. The molecule has 0 saturated heterocycles. The summed E-state index contributed by atoms with van der Waals surface area (Å²) >= 11 is 1.63. The maximum atomic E-state index is 5.78. The van der Waals surface area contributed by atoms with E-state index in [1.807, 2.05) is 36.4 Å². The van der Waals surface area contributed by atoms with Gasteiger partial charge in [0.2, 0.25) is 0 Å². The molecule has 2 aromatic heterocycles. The predicted molar refractivity (Wildman–Crippen MR) is 103 cm³/mol. The molecule has 0 aliphatic carbocycles. The fourth-order valence-corrected chi connectivity index (χ4v) is 3.20. The number of aromatic nitrogens is 4. The molecule has 0 atom stereocenters. The predicted octanol–water partition coefficient (Wildman–Crippen LogP) is 3.47. The molecular formula is C19H22N4O2S. The summed E-state index contributed by atoms with van der Waals surface area (Å²) in [6.07, 6.45) is 3.51. The van der Waals surface area contributed by atoms with Crippen molar-refractivity contribution in [3.63, 3.8) is 0 Å². The van der Waals surface area contributed by atoms with Gasteiger partial charge in [0.1, 0.15) is 5.75 Å². The van der Waals surface area contributed by atoms with Gasteiger partial charge in [-0.05, 0) is 31.2 Å². The van der Waals surface area contributed by atoms with E-state index in [2.05, 4.69) is 26.7 Å². The first-order chi connectivity index (χ1) is 12.8. The summed E-state index contributed by atoms with van der Waals surface area (Å²) in [6, 6.07) is 11.9. The van der Waals surface area contributed by atoms with Gasteiger partial charge >= 0.3 is 0 Å². The minimum Gasteiger partial charge on any atom is -0.493 e. The third-order valence-electron chi connectivity index (χ3n) is 3.78. The lowest BCUT2D eigenvalue weighted by Crippen LogP contribution is -2.08. The standard InChI is InChI=1S/C19H22N4O2S/c1-15-3-5-17(6-4-15)25-13-14-26-19-22-21-18(23(19)11-12-24-2)16-7-9-20-10-8-16/h3-10H,11-14H2,1-2H3. The maximum Gasteiger partial charge on any atom is 0.191 e. The monoisotopic (exact) mass is 370 g/mol. The molecule has 3 aromatic rings. The van der Waals surface area contributed by atoms with Gasteiger partial charge in [0.25, 0.3) is 0 Å². The summed E-state index contributed by atoms with van der Waals surface area (Å²) in [7, 11) is 1.69. The van der Waals surface area contributed by atoms with Crippen LogP contribution in [0, 0.1) is 6.92 Å². The van der Waals surface area contributed by atoms with Crippen molar-refractivity contribution >= 4 is 11.8 Å². The number of thioether (sulfide) groups is 1. The van der Waals surface area contributed by atoms with Crippen LogP contribution in [0.25, 0.3) is 11.4 Å². The Labute approximate surface area is 157 Å². The zero-order valence-electron chi connectivity index (χ0n) is 15.0. The molecule has 0 bridgehead atoms. The van der Waals surface area contributed by atoms with Gasteiger partial charge in [-0.15, -0.1) is 10.2 Å². The molecule has 0 amide bonds. The normalized spacial score (nSPS) is 10.8. The first-order valence-corrected chi connectivity index (χ1v) is 9.41. The van der Waals surface area contributed by atoms with Crippen LogP contribution in [-0.4, -0.2) is 45.8 Å². The van der Waals surface area contributed by atoms with Crippen molar-refractivity contribution < 1.29 is 9.47 Å². The van der Waals surface area contributed by atoms with E-state index in [1.54, 1.807) is 31.3 Å². The second-order valence-electron chi connectivity index (χ2n) is 5.70. The first-order valence-electron chi connectivity index (χ1n) is 8.42. The molecule has 1 aromatic carbocycles. The third kappa shape index (κ3) is 4.83. The number of aryl methyl sites for hydroxylation is 1. The van der Waals surface area contributed by atoms with Gasteiger partial charge in [0, 0.05) is 30.8 Å². The molecule has 3 rings (SSSR count). The molecule has 0 spiro atoms. The Morgan fingerprint density at radius 1 is 1.00 bits per heavy atom. The van der Waals surface area contributed by atoms with Crippen molar-refractivity contribution in [2.45, 2.75) is 18.6 Å². The van der Waals surface area contributed by atoms with E-state index in [9.17, 15) is 0 Å². The van der Waals surface area contributed by atoms with Crippen molar-refractivity contribution in [3.8, 4) is 17.1 Å². The van der Waals surface area contributed by atoms with Crippen molar-refractivity contribution in [3.05, 3.63) is 54.4 Å². The zero-order valence-corrected chi connectivity index (χ0v) is 15.8. The summed E-state index contributed by atoms with van der Waals surface area (Å²) in [5, 5.41) is 9.56. The van der Waals surface area contributed by atoms with Crippen molar-refractivity contribution in [1.29, 1.82) is 0 Å². The minimum atomic E-state index is 0.601. The fraction of sp³-hybridized carbons (Fsp3) is 0.316. The lowest BCUT2D eigenvalue weighted by atomic mass is 10.2. The third-order valence-corrected chi connectivity index (χ3v) is 4.71. The molecule has 136 valence electrons. The number of rotatable bonds is 9. The highest BCUT2D eigenvalue weighted by atomic mass is 32.2. The molecule has 0 saturated carbocycles. The fourth-order valence-electron chi connectivity index (χ4n) is 2.42. The number of pyridine rings is 1. The van der Waals surface area contributed by atoms with E-state index in [0.29, 0.717) is 19.8 Å². The number of methoxy groups -OCH3 is 1. The van der Waals surface area contributed by atoms with Crippen LogP contribution in [-0.2, 0) is 11.3 Å². The van der Waals surface area contributed by atoms with Gasteiger partial charge in [0.05, 0.1) is 19.8 Å². The molecule has 0 N–H and O–H groups in total. The van der Waals surface area contributed by atoms with E-state index in [4.69, 9.17) is 9.47 Å². The second-order valence-corrected chi connectivity index (χ2v) is 6.76. The van der Waals surface area contributed by atoms with Gasteiger partial charge in [-0.2, -0.15) is 0 Å². The molecule has 0 aliphatic rings. The highest BCUT2D eigenvalue weighted by Gasteiger charge is 2.14. The Balaban J connectivity index is 1.63. The van der Waals surface area contributed by atoms with E-state index < -0.39 is 0 Å². The number of benzene rings is 1. The Morgan fingerprint density at radius 3 is 2.50 bits per heavy atom. The molecule has 0 fully saturated rings. The Bertz CT molecular complexity index is 806. The lowest BCUT2D eigenvalue weighted by molar-refractivity contribution is 0.185. The quantitative estimate of drug-likeness (QED) is 0.425. The lowest BCUT2D eigenvalue weighted by Gasteiger charge is -2.10. The van der Waals surface area contributed by atoms with Crippen molar-refractivity contribution in [1.82, 2.24) is 19.7 Å². The topological polar surface area (TPSA) is 62.1 Å². The minimum absolute atomic E-state index is 0.601. The molecule has 7 heteroatoms. The number of hydrogen-bond donors (Lipinski definition) is 0. The molecule has 6 nitrogen and oxygen atoms in total. The molecule has 26 heavy (non-hydrogen) atoms. The van der Waals surface area contributed by atoms with Crippen LogP contribution in [0.15, 0.2) is 53.9 Å². The number of hydrogen-bond acceptors (Lipinski definition) is 6. The average molecular weight is 370 g/mol. The Morgan fingerprint density at radius 2 is 1.77 bits per heavy atom. The second kappa shape index (κ2) is 9.35. The van der Waals surface area contributed by atoms with E-state index >= 15 is 0 Å². The molecule has 0 radical (unpaired) electrons. The van der Waals surface area contributed by atoms with Crippen molar-refractivity contribution in [2.75, 3.05) is 26.1 Å². The van der Waals surface area contributed by atoms with Gasteiger partial charge in [-0.3, -0.25) is 9.55 Å². The van der Waals surface area contributed by atoms with Gasteiger partial charge < -0.3 is 9.47 Å². The van der Waals surface area contributed by atoms with Crippen LogP contribution in [0.3, 0.4) is 0 Å². The first kappa shape index (κ1) is 18.4. The van der Waals surface area contributed by atoms with Crippen LogP contribution >= 0.6 is 11.8 Å². The van der Waals surface area contributed by atoms with Crippen LogP contribution in [0.2, 0.25) is 0 Å². The van der Waals surface area contributed by atoms with Crippen molar-refractivity contribution in [2.24, 2.45) is 0 Å². The molecule has 2 heterocycles. The molecule has 0 unspecified atom stereocenters. The van der Waals surface area contributed by atoms with Crippen LogP contribution in [0.5, 0.6) is 5.75 Å². The van der Waals surface area contributed by atoms with Gasteiger partial charge in [0.15, 0.2) is 11.0 Å². The van der Waals surface area contributed by atoms with Gasteiger partial charge in [-0.25, -0.2) is 0 Å². The van der Waals surface area contributed by atoms with Crippen LogP contribution in [0.1, 0.15) is 5.56 Å². The molecular weight excluding hydrogens is 348 g/mol. The van der Waals surface area contributed by atoms with Gasteiger partial charge in [-0.1, -0.05) is 29.5 Å². The summed E-state index contributed by atoms with van der Waals surface area (Å²) in [5.41, 5.74) is 2.22. The van der Waals surface area contributed by atoms with E-state index in [-0.39, 0.29) is 0 Å². The highest BCUT2D eigenvalue weighted by molar-refractivity contribution is 7.99. The Hall–Kier alpha value is -2.38. The zero-order chi connectivity index (χ0) is 18.2. The van der Waals surface area contributed by atoms with E-state index in [1.165, 1.54) is 5.56 Å². The summed E-state index contributed by atoms with van der Waals surface area (Å²) in [5.74, 6) is 2.50. The largest absolute Gasteiger partial charge is 0.493 e. The van der Waals surface area contributed by atoms with Crippen LogP contribution < -0.4 is 4.74 Å². The number of nitrogens with zero attached hydrogens (tertiary/aromatic N) is 4. The summed E-state index contributed by atoms with van der Waals surface area (Å²) in [6.45, 7) is 3.97. The Kier molecular flexibility index (Phi) is 6.62. The average Bonchev–Trinajstić information content (AvgIpc) is 3.08. The van der Waals surface area contributed by atoms with E-state index in [0.717, 1.165) is 28.0 Å². The SMILES string of the molecule is COCCn1c(SCCOc2ccc(C)cc2)nnc1-c1ccncc1. The molecule has 0 aliphatic heterocycles. The highest BCUT2D eigenvalue weighted by Crippen LogP contribution is 2.23. The maximum absolute atomic E-state index is 5.78. The summed E-state index contributed by atoms with van der Waals surface area (Å²) in [4.78, 5) is 4.06. The van der Waals surface area contributed by atoms with Crippen LogP contribution in [0.4, 0.5) is 0 Å².